The highest BCUT2D eigenvalue weighted by Gasteiger charge is 2.33. The van der Waals surface area contributed by atoms with Crippen LogP contribution < -0.4 is 5.73 Å². The van der Waals surface area contributed by atoms with E-state index in [-0.39, 0.29) is 0 Å². The maximum atomic E-state index is 5.82. The van der Waals surface area contributed by atoms with Crippen molar-refractivity contribution < 1.29 is 0 Å². The lowest BCUT2D eigenvalue weighted by molar-refractivity contribution is 0.0404. The van der Waals surface area contributed by atoms with Crippen molar-refractivity contribution in [3.63, 3.8) is 0 Å². The van der Waals surface area contributed by atoms with Crippen LogP contribution in [0.4, 0.5) is 0 Å². The summed E-state index contributed by atoms with van der Waals surface area (Å²) in [5.41, 5.74) is 5.82. The predicted octanol–water partition coefficient (Wildman–Crippen LogP) is -1.03. The van der Waals surface area contributed by atoms with E-state index in [9.17, 15) is 0 Å². The molecule has 3 saturated heterocycles. The smallest absolute Gasteiger partial charge is 0.112 e. The standard InChI is InChI=1S/C8H16N4/c1-10-8(9)7-6-11-2-4-12(7)5-3-11/h7H,2-6H2,1H3,(H2,9,10). The van der Waals surface area contributed by atoms with Gasteiger partial charge in [-0.2, -0.15) is 0 Å². The molecule has 2 bridgehead atoms. The molecule has 0 saturated carbocycles. The molecule has 12 heavy (non-hydrogen) atoms. The molecule has 1 atom stereocenters. The van der Waals surface area contributed by atoms with E-state index in [4.69, 9.17) is 5.73 Å². The Morgan fingerprint density at radius 1 is 1.33 bits per heavy atom. The van der Waals surface area contributed by atoms with Gasteiger partial charge >= 0.3 is 0 Å². The highest BCUT2D eigenvalue weighted by Crippen LogP contribution is 2.15. The van der Waals surface area contributed by atoms with Crippen molar-refractivity contribution in [3.05, 3.63) is 0 Å². The van der Waals surface area contributed by atoms with E-state index < -0.39 is 0 Å². The van der Waals surface area contributed by atoms with E-state index in [1.165, 1.54) is 13.1 Å². The summed E-state index contributed by atoms with van der Waals surface area (Å²) in [6.07, 6.45) is 0. The van der Waals surface area contributed by atoms with Crippen molar-refractivity contribution in [2.24, 2.45) is 10.7 Å². The number of aliphatic imine (C=N–C) groups is 1. The Kier molecular flexibility index (Phi) is 2.02. The second-order valence-corrected chi connectivity index (χ2v) is 3.50. The second kappa shape index (κ2) is 3.03. The molecule has 3 aliphatic heterocycles. The maximum Gasteiger partial charge on any atom is 0.112 e. The Bertz CT molecular complexity index is 193. The Balaban J connectivity index is 2.08. The maximum absolute atomic E-state index is 5.82. The number of piperazine rings is 3. The van der Waals surface area contributed by atoms with Gasteiger partial charge in [0.05, 0.1) is 6.04 Å². The van der Waals surface area contributed by atoms with Crippen LogP contribution in [0.25, 0.3) is 0 Å². The van der Waals surface area contributed by atoms with E-state index in [2.05, 4.69) is 14.8 Å². The van der Waals surface area contributed by atoms with Gasteiger partial charge in [0, 0.05) is 39.8 Å². The van der Waals surface area contributed by atoms with Crippen LogP contribution in [0.2, 0.25) is 0 Å². The van der Waals surface area contributed by atoms with E-state index >= 15 is 0 Å². The Morgan fingerprint density at radius 2 is 2.00 bits per heavy atom. The number of nitrogens with zero attached hydrogens (tertiary/aromatic N) is 3. The Morgan fingerprint density at radius 3 is 2.42 bits per heavy atom. The summed E-state index contributed by atoms with van der Waals surface area (Å²) >= 11 is 0. The average molecular weight is 168 g/mol. The monoisotopic (exact) mass is 168 g/mol. The molecular weight excluding hydrogens is 152 g/mol. The van der Waals surface area contributed by atoms with Crippen LogP contribution >= 0.6 is 0 Å². The second-order valence-electron chi connectivity index (χ2n) is 3.50. The van der Waals surface area contributed by atoms with Gasteiger partial charge in [0.25, 0.3) is 0 Å². The number of hydrogen-bond acceptors (Lipinski definition) is 3. The summed E-state index contributed by atoms with van der Waals surface area (Å²) in [5, 5.41) is 0. The zero-order valence-electron chi connectivity index (χ0n) is 7.53. The SMILES string of the molecule is CN=C(N)C1CN2CCN1CC2. The molecule has 3 fully saturated rings. The molecule has 0 spiro atoms. The summed E-state index contributed by atoms with van der Waals surface area (Å²) < 4.78 is 0. The molecule has 0 aliphatic carbocycles. The van der Waals surface area contributed by atoms with E-state index in [1.54, 1.807) is 7.05 Å². The molecule has 0 radical (unpaired) electrons. The third-order valence-electron chi connectivity index (χ3n) is 2.88. The predicted molar refractivity (Wildman–Crippen MR) is 49.3 cm³/mol. The fourth-order valence-corrected chi connectivity index (χ4v) is 2.05. The molecule has 4 heteroatoms. The van der Waals surface area contributed by atoms with Crippen LogP contribution in [0.5, 0.6) is 0 Å². The summed E-state index contributed by atoms with van der Waals surface area (Å²) in [4.78, 5) is 8.95. The summed E-state index contributed by atoms with van der Waals surface area (Å²) in [5.74, 6) is 0.791. The number of hydrogen-bond donors (Lipinski definition) is 1. The number of amidine groups is 1. The van der Waals surface area contributed by atoms with Crippen LogP contribution in [0.15, 0.2) is 4.99 Å². The zero-order chi connectivity index (χ0) is 8.55. The van der Waals surface area contributed by atoms with Gasteiger partial charge in [0.2, 0.25) is 0 Å². The molecule has 3 heterocycles. The number of nitrogens with two attached hydrogens (primary N) is 1. The van der Waals surface area contributed by atoms with Gasteiger partial charge in [-0.3, -0.25) is 14.8 Å². The topological polar surface area (TPSA) is 44.9 Å². The fraction of sp³-hybridized carbons (Fsp3) is 0.875. The van der Waals surface area contributed by atoms with Gasteiger partial charge in [0.15, 0.2) is 0 Å². The minimum atomic E-state index is 0.387. The van der Waals surface area contributed by atoms with Crippen molar-refractivity contribution in [2.75, 3.05) is 39.8 Å². The van der Waals surface area contributed by atoms with Crippen molar-refractivity contribution >= 4 is 5.84 Å². The first-order valence-electron chi connectivity index (χ1n) is 4.50. The Hall–Kier alpha value is -0.610. The first-order valence-corrected chi connectivity index (χ1v) is 4.50. The summed E-state index contributed by atoms with van der Waals surface area (Å²) in [6, 6.07) is 0.387. The molecule has 3 rings (SSSR count). The van der Waals surface area contributed by atoms with Crippen LogP contribution in [-0.4, -0.2) is 61.4 Å². The first-order chi connectivity index (χ1) is 5.81. The lowest BCUT2D eigenvalue weighted by atomic mass is 10.1. The molecule has 1 unspecified atom stereocenters. The molecule has 2 N–H and O–H groups in total. The van der Waals surface area contributed by atoms with Crippen molar-refractivity contribution in [1.29, 1.82) is 0 Å². The molecule has 0 amide bonds. The number of rotatable bonds is 1. The van der Waals surface area contributed by atoms with Gasteiger partial charge in [-0.25, -0.2) is 0 Å². The normalized spacial score (nSPS) is 41.8. The van der Waals surface area contributed by atoms with E-state index in [0.717, 1.165) is 25.5 Å². The lowest BCUT2D eigenvalue weighted by Crippen LogP contribution is -2.64. The van der Waals surface area contributed by atoms with Crippen molar-refractivity contribution in [1.82, 2.24) is 9.80 Å². The van der Waals surface area contributed by atoms with Gasteiger partial charge in [-0.15, -0.1) is 0 Å². The molecule has 68 valence electrons. The molecule has 4 nitrogen and oxygen atoms in total. The van der Waals surface area contributed by atoms with Crippen LogP contribution in [0.1, 0.15) is 0 Å². The minimum absolute atomic E-state index is 0.387. The molecule has 3 aliphatic rings. The highest BCUT2D eigenvalue weighted by molar-refractivity contribution is 5.86. The quantitative estimate of drug-likeness (QED) is 0.402. The van der Waals surface area contributed by atoms with Crippen molar-refractivity contribution in [2.45, 2.75) is 6.04 Å². The van der Waals surface area contributed by atoms with Gasteiger partial charge in [-0.1, -0.05) is 0 Å². The minimum Gasteiger partial charge on any atom is -0.386 e. The fourth-order valence-electron chi connectivity index (χ4n) is 2.05. The Labute approximate surface area is 73.0 Å². The van der Waals surface area contributed by atoms with E-state index in [0.29, 0.717) is 6.04 Å². The molecule has 0 aromatic rings. The van der Waals surface area contributed by atoms with Gasteiger partial charge in [-0.05, 0) is 0 Å². The average Bonchev–Trinajstić information content (AvgIpc) is 2.18. The summed E-state index contributed by atoms with van der Waals surface area (Å²) in [6.45, 7) is 5.78. The van der Waals surface area contributed by atoms with Gasteiger partial charge < -0.3 is 5.73 Å². The zero-order valence-corrected chi connectivity index (χ0v) is 7.53. The molecular formula is C8H16N4. The van der Waals surface area contributed by atoms with Crippen LogP contribution in [0.3, 0.4) is 0 Å². The highest BCUT2D eigenvalue weighted by atomic mass is 15.4. The third-order valence-corrected chi connectivity index (χ3v) is 2.88. The first kappa shape index (κ1) is 8.01. The third kappa shape index (κ3) is 1.21. The van der Waals surface area contributed by atoms with Crippen molar-refractivity contribution in [3.8, 4) is 0 Å². The summed E-state index contributed by atoms with van der Waals surface area (Å²) in [7, 11) is 1.77. The molecule has 0 aromatic carbocycles. The van der Waals surface area contributed by atoms with E-state index in [1.807, 2.05) is 0 Å². The largest absolute Gasteiger partial charge is 0.386 e. The molecule has 0 aromatic heterocycles. The lowest BCUT2D eigenvalue weighted by Gasteiger charge is -2.47. The van der Waals surface area contributed by atoms with Crippen LogP contribution in [0, 0.1) is 0 Å². The van der Waals surface area contributed by atoms with Crippen LogP contribution in [-0.2, 0) is 0 Å². The van der Waals surface area contributed by atoms with Gasteiger partial charge in [0.1, 0.15) is 5.84 Å². The number of fused-ring (bicyclic) bond motifs is 3.